The number of methoxy groups -OCH3 is 1. The Morgan fingerprint density at radius 3 is 2.70 bits per heavy atom. The predicted molar refractivity (Wildman–Crippen MR) is 78.8 cm³/mol. The van der Waals surface area contributed by atoms with Crippen molar-refractivity contribution in [2.75, 3.05) is 12.4 Å². The molecule has 0 aliphatic heterocycles. The molecule has 0 unspecified atom stereocenters. The van der Waals surface area contributed by atoms with E-state index in [2.05, 4.69) is 5.32 Å². The molecule has 0 radical (unpaired) electrons. The third kappa shape index (κ3) is 2.86. The molecule has 2 N–H and O–H groups in total. The summed E-state index contributed by atoms with van der Waals surface area (Å²) in [5.74, 6) is -0.407. The summed E-state index contributed by atoms with van der Waals surface area (Å²) in [6.07, 6.45) is 0. The van der Waals surface area contributed by atoms with Gasteiger partial charge < -0.3 is 15.2 Å². The van der Waals surface area contributed by atoms with E-state index in [9.17, 15) is 9.90 Å². The molecule has 0 saturated carbocycles. The number of halogens is 1. The monoisotopic (exact) mass is 291 g/mol. The first-order valence-electron chi connectivity index (χ1n) is 5.96. The van der Waals surface area contributed by atoms with Crippen molar-refractivity contribution in [3.8, 4) is 11.5 Å². The molecule has 104 valence electrons. The summed E-state index contributed by atoms with van der Waals surface area (Å²) in [6, 6.07) is 10.0. The van der Waals surface area contributed by atoms with Crippen LogP contribution in [0.3, 0.4) is 0 Å². The van der Waals surface area contributed by atoms with Crippen molar-refractivity contribution in [1.29, 1.82) is 0 Å². The highest BCUT2D eigenvalue weighted by molar-refractivity contribution is 6.34. The van der Waals surface area contributed by atoms with Gasteiger partial charge in [-0.1, -0.05) is 23.7 Å². The molecule has 1 amide bonds. The van der Waals surface area contributed by atoms with Gasteiger partial charge in [0.25, 0.3) is 5.91 Å². The van der Waals surface area contributed by atoms with Crippen LogP contribution in [0.2, 0.25) is 5.02 Å². The van der Waals surface area contributed by atoms with E-state index in [1.54, 1.807) is 24.3 Å². The first-order chi connectivity index (χ1) is 9.52. The Labute approximate surface area is 122 Å². The molecular weight excluding hydrogens is 278 g/mol. The molecule has 2 aromatic carbocycles. The summed E-state index contributed by atoms with van der Waals surface area (Å²) < 4.78 is 4.97. The van der Waals surface area contributed by atoms with Crippen LogP contribution >= 0.6 is 11.6 Å². The molecule has 20 heavy (non-hydrogen) atoms. The third-order valence-corrected chi connectivity index (χ3v) is 3.15. The average Bonchev–Trinajstić information content (AvgIpc) is 2.42. The fourth-order valence-electron chi connectivity index (χ4n) is 1.78. The Bertz CT molecular complexity index is 656. The maximum atomic E-state index is 12.2. The lowest BCUT2D eigenvalue weighted by atomic mass is 10.1. The molecule has 0 spiro atoms. The van der Waals surface area contributed by atoms with Gasteiger partial charge in [0, 0.05) is 0 Å². The SMILES string of the molecule is COc1cccc(C(=O)Nc2ccc(C)cc2Cl)c1O. The number of para-hydroxylation sites is 1. The van der Waals surface area contributed by atoms with E-state index < -0.39 is 5.91 Å². The van der Waals surface area contributed by atoms with Crippen LogP contribution in [0.1, 0.15) is 15.9 Å². The second kappa shape index (κ2) is 5.84. The minimum absolute atomic E-state index is 0.126. The van der Waals surface area contributed by atoms with Gasteiger partial charge in [-0.3, -0.25) is 4.79 Å². The Morgan fingerprint density at radius 2 is 2.05 bits per heavy atom. The molecule has 0 atom stereocenters. The van der Waals surface area contributed by atoms with E-state index in [0.717, 1.165) is 5.56 Å². The number of phenolic OH excluding ortho intramolecular Hbond substituents is 1. The number of hydrogen-bond acceptors (Lipinski definition) is 3. The van der Waals surface area contributed by atoms with Crippen LogP contribution < -0.4 is 10.1 Å². The molecule has 0 aliphatic rings. The molecular formula is C15H14ClNO3. The van der Waals surface area contributed by atoms with Gasteiger partial charge in [-0.25, -0.2) is 0 Å². The van der Waals surface area contributed by atoms with Gasteiger partial charge in [0.2, 0.25) is 0 Å². The number of benzene rings is 2. The summed E-state index contributed by atoms with van der Waals surface area (Å²) in [5.41, 5.74) is 1.61. The van der Waals surface area contributed by atoms with Gasteiger partial charge in [-0.05, 0) is 36.8 Å². The molecule has 2 aromatic rings. The van der Waals surface area contributed by atoms with Crippen LogP contribution in [-0.2, 0) is 0 Å². The number of hydrogen-bond donors (Lipinski definition) is 2. The van der Waals surface area contributed by atoms with Crippen molar-refractivity contribution in [3.63, 3.8) is 0 Å². The van der Waals surface area contributed by atoms with Crippen molar-refractivity contribution < 1.29 is 14.6 Å². The van der Waals surface area contributed by atoms with E-state index in [1.807, 2.05) is 13.0 Å². The van der Waals surface area contributed by atoms with Crippen LogP contribution in [0.5, 0.6) is 11.5 Å². The standard InChI is InChI=1S/C15H14ClNO3/c1-9-6-7-12(11(16)8-9)17-15(19)10-4-3-5-13(20-2)14(10)18/h3-8,18H,1-2H3,(H,17,19). The van der Waals surface area contributed by atoms with Gasteiger partial charge >= 0.3 is 0 Å². The minimum Gasteiger partial charge on any atom is -0.504 e. The lowest BCUT2D eigenvalue weighted by molar-refractivity contribution is 0.102. The van der Waals surface area contributed by atoms with Crippen LogP contribution in [0.25, 0.3) is 0 Å². The van der Waals surface area contributed by atoms with Gasteiger partial charge in [0.05, 0.1) is 23.4 Å². The largest absolute Gasteiger partial charge is 0.504 e. The quantitative estimate of drug-likeness (QED) is 0.908. The second-order valence-electron chi connectivity index (χ2n) is 4.29. The normalized spacial score (nSPS) is 10.2. The number of amides is 1. The third-order valence-electron chi connectivity index (χ3n) is 2.84. The smallest absolute Gasteiger partial charge is 0.259 e. The first kappa shape index (κ1) is 14.2. The Morgan fingerprint density at radius 1 is 1.30 bits per heavy atom. The summed E-state index contributed by atoms with van der Waals surface area (Å²) in [7, 11) is 1.42. The van der Waals surface area contributed by atoms with E-state index in [4.69, 9.17) is 16.3 Å². The minimum atomic E-state index is -0.452. The first-order valence-corrected chi connectivity index (χ1v) is 6.34. The lowest BCUT2D eigenvalue weighted by Crippen LogP contribution is -2.12. The highest BCUT2D eigenvalue weighted by atomic mass is 35.5. The summed E-state index contributed by atoms with van der Waals surface area (Å²) >= 11 is 6.06. The fourth-order valence-corrected chi connectivity index (χ4v) is 2.06. The van der Waals surface area contributed by atoms with Crippen molar-refractivity contribution in [3.05, 3.63) is 52.5 Å². The molecule has 0 heterocycles. The summed E-state index contributed by atoms with van der Waals surface area (Å²) in [5, 5.41) is 13.0. The fraction of sp³-hybridized carbons (Fsp3) is 0.133. The maximum Gasteiger partial charge on any atom is 0.259 e. The molecule has 0 saturated heterocycles. The highest BCUT2D eigenvalue weighted by Crippen LogP contribution is 2.30. The van der Waals surface area contributed by atoms with Crippen molar-refractivity contribution in [2.45, 2.75) is 6.92 Å². The topological polar surface area (TPSA) is 58.6 Å². The average molecular weight is 292 g/mol. The van der Waals surface area contributed by atoms with E-state index in [0.29, 0.717) is 10.7 Å². The number of nitrogens with one attached hydrogen (secondary N) is 1. The second-order valence-corrected chi connectivity index (χ2v) is 4.70. The van der Waals surface area contributed by atoms with E-state index in [-0.39, 0.29) is 17.1 Å². The van der Waals surface area contributed by atoms with Gasteiger partial charge in [-0.2, -0.15) is 0 Å². The number of phenols is 1. The number of carbonyl (C=O) groups is 1. The Hall–Kier alpha value is -2.20. The molecule has 0 aliphatic carbocycles. The molecule has 4 nitrogen and oxygen atoms in total. The van der Waals surface area contributed by atoms with Crippen LogP contribution in [0.15, 0.2) is 36.4 Å². The molecule has 0 fully saturated rings. The number of aromatic hydroxyl groups is 1. The zero-order valence-corrected chi connectivity index (χ0v) is 11.9. The number of ether oxygens (including phenoxy) is 1. The van der Waals surface area contributed by atoms with E-state index in [1.165, 1.54) is 13.2 Å². The number of aryl methyl sites for hydroxylation is 1. The van der Waals surface area contributed by atoms with Crippen molar-refractivity contribution >= 4 is 23.2 Å². The van der Waals surface area contributed by atoms with Gasteiger partial charge in [0.15, 0.2) is 11.5 Å². The molecule has 2 rings (SSSR count). The highest BCUT2D eigenvalue weighted by Gasteiger charge is 2.15. The molecule has 5 heteroatoms. The van der Waals surface area contributed by atoms with Crippen molar-refractivity contribution in [2.24, 2.45) is 0 Å². The van der Waals surface area contributed by atoms with Crippen LogP contribution in [0.4, 0.5) is 5.69 Å². The number of anilines is 1. The summed E-state index contributed by atoms with van der Waals surface area (Å²) in [6.45, 7) is 1.91. The molecule has 0 bridgehead atoms. The van der Waals surface area contributed by atoms with E-state index >= 15 is 0 Å². The Kier molecular flexibility index (Phi) is 4.15. The van der Waals surface area contributed by atoms with Gasteiger partial charge in [0.1, 0.15) is 0 Å². The van der Waals surface area contributed by atoms with Crippen molar-refractivity contribution in [1.82, 2.24) is 0 Å². The zero-order valence-electron chi connectivity index (χ0n) is 11.1. The lowest BCUT2D eigenvalue weighted by Gasteiger charge is -2.10. The Balaban J connectivity index is 2.28. The summed E-state index contributed by atoms with van der Waals surface area (Å²) in [4.78, 5) is 12.2. The number of rotatable bonds is 3. The van der Waals surface area contributed by atoms with Gasteiger partial charge in [-0.15, -0.1) is 0 Å². The predicted octanol–water partition coefficient (Wildman–Crippen LogP) is 3.61. The zero-order chi connectivity index (χ0) is 14.7. The van der Waals surface area contributed by atoms with Crippen LogP contribution in [0, 0.1) is 6.92 Å². The number of carbonyl (C=O) groups excluding carboxylic acids is 1. The molecule has 0 aromatic heterocycles. The maximum absolute atomic E-state index is 12.2. The van der Waals surface area contributed by atoms with Crippen LogP contribution in [-0.4, -0.2) is 18.1 Å².